The van der Waals surface area contributed by atoms with Gasteiger partial charge in [-0.15, -0.1) is 0 Å². The maximum Gasteiger partial charge on any atom is 0.0956 e. The number of nitrogens with zero attached hydrogens (tertiary/aromatic N) is 2. The minimum Gasteiger partial charge on any atom is -0.393 e. The van der Waals surface area contributed by atoms with Gasteiger partial charge < -0.3 is 9.67 Å². The number of imidazole rings is 1. The Morgan fingerprint density at radius 3 is 2.56 bits per heavy atom. The van der Waals surface area contributed by atoms with Crippen LogP contribution < -0.4 is 0 Å². The van der Waals surface area contributed by atoms with Crippen molar-refractivity contribution in [1.82, 2.24) is 9.55 Å². The third-order valence-corrected chi connectivity index (χ3v) is 6.14. The molecule has 1 fully saturated rings. The molecule has 1 saturated carbocycles. The van der Waals surface area contributed by atoms with Crippen LogP contribution in [0.25, 0.3) is 11.1 Å². The molecule has 0 saturated heterocycles. The molecule has 2 aromatic rings. The molecular weight excluding hydrogens is 308 g/mol. The number of rotatable bonds is 4. The van der Waals surface area contributed by atoms with Gasteiger partial charge in [-0.2, -0.15) is 0 Å². The van der Waals surface area contributed by atoms with Crippen molar-refractivity contribution in [3.8, 4) is 0 Å². The maximum atomic E-state index is 10.9. The predicted molar refractivity (Wildman–Crippen MR) is 102 cm³/mol. The zero-order valence-corrected chi connectivity index (χ0v) is 15.3. The molecule has 0 radical (unpaired) electrons. The summed E-state index contributed by atoms with van der Waals surface area (Å²) in [5, 5.41) is 10.9. The van der Waals surface area contributed by atoms with E-state index >= 15 is 0 Å². The number of hydrogen-bond donors (Lipinski definition) is 1. The van der Waals surface area contributed by atoms with Crippen molar-refractivity contribution < 1.29 is 5.11 Å². The fourth-order valence-corrected chi connectivity index (χ4v) is 4.68. The van der Waals surface area contributed by atoms with Gasteiger partial charge in [0.2, 0.25) is 0 Å². The lowest BCUT2D eigenvalue weighted by Gasteiger charge is -2.29. The van der Waals surface area contributed by atoms with Gasteiger partial charge >= 0.3 is 0 Å². The second kappa shape index (κ2) is 6.80. The van der Waals surface area contributed by atoms with Gasteiger partial charge in [0.25, 0.3) is 0 Å². The zero-order chi connectivity index (χ0) is 17.4. The zero-order valence-electron chi connectivity index (χ0n) is 15.3. The number of benzene rings is 1. The lowest BCUT2D eigenvalue weighted by Crippen LogP contribution is -2.26. The van der Waals surface area contributed by atoms with Gasteiger partial charge in [0, 0.05) is 0 Å². The van der Waals surface area contributed by atoms with Gasteiger partial charge in [-0.05, 0) is 55.7 Å². The highest BCUT2D eigenvalue weighted by molar-refractivity contribution is 5.93. The fraction of sp³-hybridized carbons (Fsp3) is 0.500. The molecule has 2 unspecified atom stereocenters. The Bertz CT molecular complexity index is 766. The Hall–Kier alpha value is -1.87. The number of allylic oxidation sites excluding steroid dienone is 2. The average Bonchev–Trinajstić information content (AvgIpc) is 3.21. The normalized spacial score (nSPS) is 22.3. The smallest absolute Gasteiger partial charge is 0.0956 e. The lowest BCUT2D eigenvalue weighted by molar-refractivity contribution is 0.0699. The van der Waals surface area contributed by atoms with Crippen LogP contribution in [0.4, 0.5) is 0 Å². The highest BCUT2D eigenvalue weighted by Gasteiger charge is 2.33. The van der Waals surface area contributed by atoms with Crippen LogP contribution in [0.5, 0.6) is 0 Å². The van der Waals surface area contributed by atoms with Crippen molar-refractivity contribution in [2.45, 2.75) is 64.5 Å². The van der Waals surface area contributed by atoms with Crippen LogP contribution in [0.3, 0.4) is 0 Å². The molecule has 3 heteroatoms. The summed E-state index contributed by atoms with van der Waals surface area (Å²) in [5.41, 5.74) is 6.39. The Morgan fingerprint density at radius 2 is 1.84 bits per heavy atom. The van der Waals surface area contributed by atoms with E-state index in [4.69, 9.17) is 0 Å². The van der Waals surface area contributed by atoms with E-state index in [2.05, 4.69) is 47.7 Å². The summed E-state index contributed by atoms with van der Waals surface area (Å²) in [6.45, 7) is 4.31. The minimum atomic E-state index is -0.230. The standard InChI is InChI=1S/C22H28N2O/c1-15-8-10-18(11-9-15)22-16(2)20-13-23-14-24(20)19(22)12-21(25)17-6-4-3-5-7-17/h8-11,13-14,17,19,21,25H,3-7,12H2,1-2H3. The first-order valence-electron chi connectivity index (χ1n) is 9.63. The van der Waals surface area contributed by atoms with Gasteiger partial charge in [0.05, 0.1) is 30.4 Å². The van der Waals surface area contributed by atoms with Crippen molar-refractivity contribution in [3.63, 3.8) is 0 Å². The Kier molecular flexibility index (Phi) is 4.51. The molecule has 1 aliphatic heterocycles. The van der Waals surface area contributed by atoms with E-state index in [1.807, 2.05) is 12.5 Å². The van der Waals surface area contributed by atoms with Crippen molar-refractivity contribution in [2.75, 3.05) is 0 Å². The Balaban J connectivity index is 1.65. The van der Waals surface area contributed by atoms with Gasteiger partial charge in [-0.25, -0.2) is 4.98 Å². The molecule has 2 aliphatic rings. The molecule has 0 amide bonds. The van der Waals surface area contributed by atoms with Crippen LogP contribution in [0, 0.1) is 12.8 Å². The second-order valence-corrected chi connectivity index (χ2v) is 7.81. The summed E-state index contributed by atoms with van der Waals surface area (Å²) in [7, 11) is 0. The second-order valence-electron chi connectivity index (χ2n) is 7.81. The SMILES string of the molecule is CC1=C(c2ccc(C)cc2)C(CC(O)C2CCCCC2)n2cncc21. The fourth-order valence-electron chi connectivity index (χ4n) is 4.68. The molecule has 132 valence electrons. The maximum absolute atomic E-state index is 10.9. The molecule has 1 N–H and O–H groups in total. The van der Waals surface area contributed by atoms with Gasteiger partial charge in [-0.3, -0.25) is 0 Å². The lowest BCUT2D eigenvalue weighted by atomic mass is 9.81. The van der Waals surface area contributed by atoms with Gasteiger partial charge in [0.15, 0.2) is 0 Å². The largest absolute Gasteiger partial charge is 0.393 e. The Labute approximate surface area is 150 Å². The molecule has 1 aromatic heterocycles. The molecule has 1 aromatic carbocycles. The molecule has 4 rings (SSSR count). The van der Waals surface area contributed by atoms with Gasteiger partial charge in [-0.1, -0.05) is 49.1 Å². The molecule has 1 aliphatic carbocycles. The molecule has 0 spiro atoms. The molecule has 0 bridgehead atoms. The van der Waals surface area contributed by atoms with Crippen LogP contribution in [-0.2, 0) is 0 Å². The minimum absolute atomic E-state index is 0.192. The van der Waals surface area contributed by atoms with Crippen LogP contribution in [0.15, 0.2) is 36.8 Å². The number of fused-ring (bicyclic) bond motifs is 1. The topological polar surface area (TPSA) is 38.0 Å². The molecule has 2 atom stereocenters. The van der Waals surface area contributed by atoms with Gasteiger partial charge in [0.1, 0.15) is 0 Å². The van der Waals surface area contributed by atoms with E-state index in [9.17, 15) is 5.11 Å². The number of hydrogen-bond acceptors (Lipinski definition) is 2. The van der Waals surface area contributed by atoms with Crippen molar-refractivity contribution in [2.24, 2.45) is 5.92 Å². The van der Waals surface area contributed by atoms with Crippen molar-refractivity contribution in [1.29, 1.82) is 0 Å². The molecular formula is C22H28N2O. The predicted octanol–water partition coefficient (Wildman–Crippen LogP) is 5.01. The summed E-state index contributed by atoms with van der Waals surface area (Å²) < 4.78 is 2.26. The van der Waals surface area contributed by atoms with Crippen LogP contribution in [0.2, 0.25) is 0 Å². The average molecular weight is 336 g/mol. The molecule has 25 heavy (non-hydrogen) atoms. The van der Waals surface area contributed by atoms with E-state index in [-0.39, 0.29) is 12.1 Å². The first-order valence-corrected chi connectivity index (χ1v) is 9.63. The number of aromatic nitrogens is 2. The first kappa shape index (κ1) is 16.6. The molecule has 2 heterocycles. The van der Waals surface area contributed by atoms with E-state index in [1.54, 1.807) is 0 Å². The highest BCUT2D eigenvalue weighted by Crippen LogP contribution is 2.45. The van der Waals surface area contributed by atoms with E-state index in [1.165, 1.54) is 60.1 Å². The van der Waals surface area contributed by atoms with E-state index in [0.717, 1.165) is 6.42 Å². The summed E-state index contributed by atoms with van der Waals surface area (Å²) in [6.07, 6.45) is 10.6. The summed E-state index contributed by atoms with van der Waals surface area (Å²) >= 11 is 0. The van der Waals surface area contributed by atoms with Crippen LogP contribution in [-0.4, -0.2) is 20.8 Å². The van der Waals surface area contributed by atoms with E-state index < -0.39 is 0 Å². The summed E-state index contributed by atoms with van der Waals surface area (Å²) in [4.78, 5) is 4.35. The highest BCUT2D eigenvalue weighted by atomic mass is 16.3. The Morgan fingerprint density at radius 1 is 1.12 bits per heavy atom. The van der Waals surface area contributed by atoms with Crippen molar-refractivity contribution >= 4 is 11.1 Å². The van der Waals surface area contributed by atoms with E-state index in [0.29, 0.717) is 5.92 Å². The number of aliphatic hydroxyl groups is 1. The first-order chi connectivity index (χ1) is 12.1. The summed E-state index contributed by atoms with van der Waals surface area (Å²) in [5.74, 6) is 0.459. The van der Waals surface area contributed by atoms with Crippen LogP contribution in [0.1, 0.15) is 68.3 Å². The number of aryl methyl sites for hydroxylation is 1. The molecule has 3 nitrogen and oxygen atoms in total. The van der Waals surface area contributed by atoms with Crippen LogP contribution >= 0.6 is 0 Å². The quantitative estimate of drug-likeness (QED) is 0.852. The summed E-state index contributed by atoms with van der Waals surface area (Å²) in [6, 6.07) is 8.98. The third kappa shape index (κ3) is 3.06. The van der Waals surface area contributed by atoms with Crippen molar-refractivity contribution in [3.05, 3.63) is 53.6 Å². The third-order valence-electron chi connectivity index (χ3n) is 6.14. The number of aliphatic hydroxyl groups excluding tert-OH is 1. The monoisotopic (exact) mass is 336 g/mol.